The summed E-state index contributed by atoms with van der Waals surface area (Å²) in [6, 6.07) is 6.32. The van der Waals surface area contributed by atoms with Gasteiger partial charge in [-0.2, -0.15) is 0 Å². The molecule has 106 valence electrons. The van der Waals surface area contributed by atoms with Crippen LogP contribution in [-0.2, 0) is 19.3 Å². The van der Waals surface area contributed by atoms with Crippen LogP contribution >= 0.6 is 11.3 Å². The third-order valence-electron chi connectivity index (χ3n) is 3.62. The maximum Gasteiger partial charge on any atom is 0.336 e. The first-order valence-corrected chi connectivity index (χ1v) is 7.95. The minimum absolute atomic E-state index is 0.383. The number of benzene rings is 1. The molecule has 0 amide bonds. The molecule has 0 bridgehead atoms. The molecule has 1 aromatic heterocycles. The van der Waals surface area contributed by atoms with Gasteiger partial charge in [0.1, 0.15) is 0 Å². The first-order valence-electron chi connectivity index (χ1n) is 7.07. The fourth-order valence-corrected chi connectivity index (χ4v) is 3.50. The number of carbonyl (C=O) groups is 1. The topological polar surface area (TPSA) is 37.3 Å². The molecule has 0 aliphatic rings. The fraction of sp³-hybridized carbons (Fsp3) is 0.353. The summed E-state index contributed by atoms with van der Waals surface area (Å²) in [5.74, 6) is -0.853. The van der Waals surface area contributed by atoms with E-state index in [1.807, 2.05) is 0 Å². The van der Waals surface area contributed by atoms with Crippen molar-refractivity contribution in [2.45, 2.75) is 40.0 Å². The zero-order valence-corrected chi connectivity index (χ0v) is 13.0. The van der Waals surface area contributed by atoms with Crippen LogP contribution in [0.15, 0.2) is 23.6 Å². The number of thiophene rings is 1. The van der Waals surface area contributed by atoms with Crippen LogP contribution in [0.2, 0.25) is 0 Å². The molecule has 0 unspecified atom stereocenters. The lowest BCUT2D eigenvalue weighted by atomic mass is 9.92. The highest BCUT2D eigenvalue weighted by Gasteiger charge is 2.14. The van der Waals surface area contributed by atoms with Crippen molar-refractivity contribution in [2.75, 3.05) is 0 Å². The summed E-state index contributed by atoms with van der Waals surface area (Å²) in [5.41, 5.74) is 5.62. The van der Waals surface area contributed by atoms with Gasteiger partial charge in [-0.1, -0.05) is 32.9 Å². The molecule has 20 heavy (non-hydrogen) atoms. The molecule has 2 aromatic rings. The van der Waals surface area contributed by atoms with Gasteiger partial charge in [0, 0.05) is 10.3 Å². The van der Waals surface area contributed by atoms with Gasteiger partial charge in [0.05, 0.1) is 5.56 Å². The van der Waals surface area contributed by atoms with Crippen molar-refractivity contribution in [3.63, 3.8) is 0 Å². The molecule has 0 aliphatic carbocycles. The van der Waals surface area contributed by atoms with Crippen LogP contribution in [0.1, 0.15) is 47.8 Å². The Morgan fingerprint density at radius 1 is 1.05 bits per heavy atom. The predicted molar refractivity (Wildman–Crippen MR) is 84.8 cm³/mol. The molecule has 1 N–H and O–H groups in total. The van der Waals surface area contributed by atoms with Crippen LogP contribution in [0.25, 0.3) is 10.4 Å². The molecule has 1 aromatic carbocycles. The number of carboxylic acid groups (broad SMARTS) is 1. The Morgan fingerprint density at radius 2 is 1.65 bits per heavy atom. The van der Waals surface area contributed by atoms with E-state index in [0.717, 1.165) is 24.1 Å². The summed E-state index contributed by atoms with van der Waals surface area (Å²) in [5, 5.41) is 10.8. The van der Waals surface area contributed by atoms with Crippen LogP contribution < -0.4 is 0 Å². The Labute approximate surface area is 124 Å². The predicted octanol–water partition coefficient (Wildman–Crippen LogP) is 4.80. The molecule has 2 nitrogen and oxygen atoms in total. The van der Waals surface area contributed by atoms with Crippen LogP contribution in [-0.4, -0.2) is 11.1 Å². The largest absolute Gasteiger partial charge is 0.478 e. The van der Waals surface area contributed by atoms with Crippen molar-refractivity contribution >= 4 is 17.3 Å². The summed E-state index contributed by atoms with van der Waals surface area (Å²) in [6.45, 7) is 6.48. The van der Waals surface area contributed by atoms with Crippen molar-refractivity contribution < 1.29 is 9.90 Å². The summed E-state index contributed by atoms with van der Waals surface area (Å²) in [4.78, 5) is 12.1. The van der Waals surface area contributed by atoms with Crippen molar-refractivity contribution in [1.29, 1.82) is 0 Å². The number of carboxylic acids is 1. The Kier molecular flexibility index (Phi) is 4.61. The quantitative estimate of drug-likeness (QED) is 0.858. The van der Waals surface area contributed by atoms with Crippen LogP contribution in [0.3, 0.4) is 0 Å². The molecular weight excluding hydrogens is 268 g/mol. The van der Waals surface area contributed by atoms with E-state index in [2.05, 4.69) is 32.9 Å². The first kappa shape index (κ1) is 14.8. The molecule has 0 fully saturated rings. The Hall–Kier alpha value is -1.61. The molecule has 0 aliphatic heterocycles. The van der Waals surface area contributed by atoms with E-state index < -0.39 is 5.97 Å². The second kappa shape index (κ2) is 6.23. The van der Waals surface area contributed by atoms with E-state index in [4.69, 9.17) is 5.11 Å². The molecule has 1 heterocycles. The normalized spacial score (nSPS) is 10.8. The number of rotatable bonds is 5. The van der Waals surface area contributed by atoms with Crippen LogP contribution in [0.5, 0.6) is 0 Å². The highest BCUT2D eigenvalue weighted by Crippen LogP contribution is 2.35. The van der Waals surface area contributed by atoms with Gasteiger partial charge >= 0.3 is 5.97 Å². The van der Waals surface area contributed by atoms with Gasteiger partial charge in [-0.15, -0.1) is 11.3 Å². The third kappa shape index (κ3) is 2.78. The van der Waals surface area contributed by atoms with E-state index in [1.165, 1.54) is 33.6 Å². The molecule has 0 radical (unpaired) electrons. The van der Waals surface area contributed by atoms with Crippen molar-refractivity contribution in [3.05, 3.63) is 45.8 Å². The van der Waals surface area contributed by atoms with E-state index in [1.54, 1.807) is 11.4 Å². The summed E-state index contributed by atoms with van der Waals surface area (Å²) in [6.07, 6.45) is 2.97. The van der Waals surface area contributed by atoms with Gasteiger partial charge in [-0.05, 0) is 47.6 Å². The van der Waals surface area contributed by atoms with Crippen molar-refractivity contribution in [2.24, 2.45) is 0 Å². The van der Waals surface area contributed by atoms with Crippen LogP contribution in [0.4, 0.5) is 0 Å². The molecule has 3 heteroatoms. The average molecular weight is 288 g/mol. The van der Waals surface area contributed by atoms with Gasteiger partial charge in [-0.25, -0.2) is 4.79 Å². The van der Waals surface area contributed by atoms with Crippen LogP contribution in [0, 0.1) is 0 Å². The second-order valence-electron chi connectivity index (χ2n) is 4.85. The molecule has 2 rings (SSSR count). The van der Waals surface area contributed by atoms with Gasteiger partial charge in [0.15, 0.2) is 0 Å². The van der Waals surface area contributed by atoms with Gasteiger partial charge < -0.3 is 5.11 Å². The average Bonchev–Trinajstić information content (AvgIpc) is 2.95. The summed E-state index contributed by atoms with van der Waals surface area (Å²) >= 11 is 1.52. The zero-order valence-electron chi connectivity index (χ0n) is 12.2. The lowest BCUT2D eigenvalue weighted by molar-refractivity contribution is 0.0697. The molecule has 0 saturated carbocycles. The molecule has 0 spiro atoms. The van der Waals surface area contributed by atoms with E-state index in [9.17, 15) is 4.79 Å². The third-order valence-corrected chi connectivity index (χ3v) is 4.57. The Balaban J connectivity index is 2.61. The van der Waals surface area contributed by atoms with Crippen molar-refractivity contribution in [1.82, 2.24) is 0 Å². The standard InChI is InChI=1S/C17H20O2S/c1-4-11-7-12(5-2)16(13(6-3)8-11)15-9-14(10-20-15)17(18)19/h7-10H,4-6H2,1-3H3,(H,18,19). The van der Waals surface area contributed by atoms with E-state index in [0.29, 0.717) is 5.56 Å². The smallest absolute Gasteiger partial charge is 0.336 e. The fourth-order valence-electron chi connectivity index (χ4n) is 2.50. The number of hydrogen-bond acceptors (Lipinski definition) is 2. The highest BCUT2D eigenvalue weighted by atomic mass is 32.1. The zero-order chi connectivity index (χ0) is 14.7. The first-order chi connectivity index (χ1) is 9.60. The SMILES string of the molecule is CCc1cc(CC)c(-c2cc(C(=O)O)cs2)c(CC)c1. The van der Waals surface area contributed by atoms with Gasteiger partial charge in [0.2, 0.25) is 0 Å². The minimum atomic E-state index is -0.853. The minimum Gasteiger partial charge on any atom is -0.478 e. The summed E-state index contributed by atoms with van der Waals surface area (Å²) < 4.78 is 0. The maximum absolute atomic E-state index is 11.1. The summed E-state index contributed by atoms with van der Waals surface area (Å²) in [7, 11) is 0. The van der Waals surface area contributed by atoms with E-state index in [-0.39, 0.29) is 0 Å². The molecule has 0 saturated heterocycles. The lowest BCUT2D eigenvalue weighted by Gasteiger charge is -2.14. The number of aryl methyl sites for hydroxylation is 3. The van der Waals surface area contributed by atoms with Crippen molar-refractivity contribution in [3.8, 4) is 10.4 Å². The monoisotopic (exact) mass is 288 g/mol. The van der Waals surface area contributed by atoms with Gasteiger partial charge in [0.25, 0.3) is 0 Å². The highest BCUT2D eigenvalue weighted by molar-refractivity contribution is 7.13. The van der Waals surface area contributed by atoms with Gasteiger partial charge in [-0.3, -0.25) is 0 Å². The number of hydrogen-bond donors (Lipinski definition) is 1. The lowest BCUT2D eigenvalue weighted by Crippen LogP contribution is -1.97. The van der Waals surface area contributed by atoms with E-state index >= 15 is 0 Å². The Bertz CT molecular complexity index is 601. The maximum atomic E-state index is 11.1. The molecular formula is C17H20O2S. The number of aromatic carboxylic acids is 1. The molecule has 0 atom stereocenters. The second-order valence-corrected chi connectivity index (χ2v) is 5.77. The Morgan fingerprint density at radius 3 is 2.05 bits per heavy atom.